The zero-order valence-electron chi connectivity index (χ0n) is 22.9. The SMILES string of the molecule is C#CCN1CC(=O)N2[C@@H](CC(C)C)C(=O)N(CCc3ccc(OC)cc3)C[C@@H]2N1C(=O)NCc1ccccc1. The number of terminal acetylenes is 1. The number of fused-ring (bicyclic) bond motifs is 1. The van der Waals surface area contributed by atoms with Gasteiger partial charge in [-0.15, -0.1) is 6.42 Å². The van der Waals surface area contributed by atoms with Gasteiger partial charge in [-0.05, 0) is 42.0 Å². The molecule has 1 N–H and O–H groups in total. The number of rotatable bonds is 9. The highest BCUT2D eigenvalue weighted by molar-refractivity contribution is 5.91. The Morgan fingerprint density at radius 1 is 1.10 bits per heavy atom. The van der Waals surface area contributed by atoms with Gasteiger partial charge >= 0.3 is 6.03 Å². The summed E-state index contributed by atoms with van der Waals surface area (Å²) in [6.07, 6.45) is 6.11. The third kappa shape index (κ3) is 6.52. The Morgan fingerprint density at radius 3 is 2.46 bits per heavy atom. The van der Waals surface area contributed by atoms with Crippen LogP contribution >= 0.6 is 0 Å². The van der Waals surface area contributed by atoms with E-state index >= 15 is 0 Å². The van der Waals surface area contributed by atoms with Crippen molar-refractivity contribution in [3.05, 3.63) is 65.7 Å². The molecular formula is C30H37N5O4. The smallest absolute Gasteiger partial charge is 0.334 e. The molecule has 2 saturated heterocycles. The first-order chi connectivity index (χ1) is 18.8. The van der Waals surface area contributed by atoms with Gasteiger partial charge in [-0.3, -0.25) is 9.59 Å². The van der Waals surface area contributed by atoms with Crippen molar-refractivity contribution in [1.82, 2.24) is 25.1 Å². The molecule has 2 atom stereocenters. The van der Waals surface area contributed by atoms with Gasteiger partial charge in [0.2, 0.25) is 11.8 Å². The molecule has 2 aromatic rings. The van der Waals surface area contributed by atoms with E-state index in [1.807, 2.05) is 68.4 Å². The van der Waals surface area contributed by atoms with Gasteiger partial charge in [0.15, 0.2) is 0 Å². The van der Waals surface area contributed by atoms with Crippen LogP contribution in [0.5, 0.6) is 5.75 Å². The predicted molar refractivity (Wildman–Crippen MR) is 148 cm³/mol. The van der Waals surface area contributed by atoms with Crippen LogP contribution in [0.3, 0.4) is 0 Å². The summed E-state index contributed by atoms with van der Waals surface area (Å²) in [7, 11) is 1.62. The first kappa shape index (κ1) is 28.0. The van der Waals surface area contributed by atoms with E-state index in [1.165, 1.54) is 0 Å². The number of ether oxygens (including phenoxy) is 1. The molecular weight excluding hydrogens is 494 g/mol. The van der Waals surface area contributed by atoms with Gasteiger partial charge in [0.1, 0.15) is 18.0 Å². The van der Waals surface area contributed by atoms with Crippen molar-refractivity contribution in [2.45, 2.75) is 45.4 Å². The zero-order chi connectivity index (χ0) is 27.9. The van der Waals surface area contributed by atoms with Crippen molar-refractivity contribution in [3.63, 3.8) is 0 Å². The van der Waals surface area contributed by atoms with Crippen molar-refractivity contribution in [2.24, 2.45) is 5.92 Å². The number of carbonyl (C=O) groups is 3. The van der Waals surface area contributed by atoms with E-state index < -0.39 is 12.2 Å². The number of hydrogen-bond donors (Lipinski definition) is 1. The lowest BCUT2D eigenvalue weighted by Gasteiger charge is -2.55. The van der Waals surface area contributed by atoms with E-state index in [0.29, 0.717) is 25.9 Å². The molecule has 2 aliphatic heterocycles. The van der Waals surface area contributed by atoms with Crippen LogP contribution in [0.25, 0.3) is 0 Å². The summed E-state index contributed by atoms with van der Waals surface area (Å²) < 4.78 is 5.25. The van der Waals surface area contributed by atoms with E-state index in [1.54, 1.807) is 26.9 Å². The lowest BCUT2D eigenvalue weighted by atomic mass is 9.96. The molecule has 0 spiro atoms. The van der Waals surface area contributed by atoms with E-state index in [9.17, 15) is 14.4 Å². The van der Waals surface area contributed by atoms with Gasteiger partial charge in [-0.1, -0.05) is 62.2 Å². The molecule has 4 amide bonds. The minimum absolute atomic E-state index is 0.0623. The quantitative estimate of drug-likeness (QED) is 0.503. The normalized spacial score (nSPS) is 19.6. The molecule has 2 aliphatic rings. The number of urea groups is 1. The largest absolute Gasteiger partial charge is 0.497 e. The van der Waals surface area contributed by atoms with E-state index in [-0.39, 0.29) is 43.4 Å². The number of methoxy groups -OCH3 is 1. The molecule has 9 heteroatoms. The third-order valence-corrected chi connectivity index (χ3v) is 7.12. The Kier molecular flexibility index (Phi) is 9.10. The molecule has 206 valence electrons. The van der Waals surface area contributed by atoms with Crippen molar-refractivity contribution in [3.8, 4) is 18.1 Å². The molecule has 4 rings (SSSR count). The number of amides is 4. The topological polar surface area (TPSA) is 85.4 Å². The fourth-order valence-electron chi connectivity index (χ4n) is 5.22. The lowest BCUT2D eigenvalue weighted by Crippen LogP contribution is -2.76. The highest BCUT2D eigenvalue weighted by atomic mass is 16.5. The van der Waals surface area contributed by atoms with Gasteiger partial charge in [0.25, 0.3) is 0 Å². The van der Waals surface area contributed by atoms with Crippen LogP contribution in [-0.2, 0) is 22.6 Å². The Labute approximate surface area is 230 Å². The minimum Gasteiger partial charge on any atom is -0.497 e. The molecule has 0 aliphatic carbocycles. The van der Waals surface area contributed by atoms with Crippen LogP contribution in [0.1, 0.15) is 31.4 Å². The van der Waals surface area contributed by atoms with Crippen molar-refractivity contribution >= 4 is 17.8 Å². The summed E-state index contributed by atoms with van der Waals surface area (Å²) in [5.74, 6) is 3.24. The van der Waals surface area contributed by atoms with Crippen molar-refractivity contribution in [2.75, 3.05) is 33.3 Å². The number of benzene rings is 2. The van der Waals surface area contributed by atoms with Gasteiger partial charge in [0.05, 0.1) is 26.7 Å². The van der Waals surface area contributed by atoms with Crippen LogP contribution in [0.4, 0.5) is 4.79 Å². The summed E-state index contributed by atoms with van der Waals surface area (Å²) >= 11 is 0. The third-order valence-electron chi connectivity index (χ3n) is 7.12. The average Bonchev–Trinajstić information content (AvgIpc) is 2.93. The number of piperazine rings is 1. The molecule has 0 radical (unpaired) electrons. The number of hydrogen-bond acceptors (Lipinski definition) is 5. The Bertz CT molecular complexity index is 1190. The maximum atomic E-state index is 13.7. The molecule has 2 aromatic carbocycles. The van der Waals surface area contributed by atoms with Crippen LogP contribution in [-0.4, -0.2) is 83.2 Å². The summed E-state index contributed by atoms with van der Waals surface area (Å²) in [5.41, 5.74) is 2.02. The van der Waals surface area contributed by atoms with Crippen LogP contribution < -0.4 is 10.1 Å². The summed E-state index contributed by atoms with van der Waals surface area (Å²) in [6.45, 7) is 5.10. The summed E-state index contributed by atoms with van der Waals surface area (Å²) in [4.78, 5) is 44.2. The molecule has 0 unspecified atom stereocenters. The second kappa shape index (κ2) is 12.7. The predicted octanol–water partition coefficient (Wildman–Crippen LogP) is 2.72. The monoisotopic (exact) mass is 531 g/mol. The molecule has 0 aromatic heterocycles. The van der Waals surface area contributed by atoms with E-state index in [4.69, 9.17) is 11.2 Å². The van der Waals surface area contributed by atoms with Crippen LogP contribution in [0.2, 0.25) is 0 Å². The molecule has 2 heterocycles. The molecule has 39 heavy (non-hydrogen) atoms. The van der Waals surface area contributed by atoms with Crippen molar-refractivity contribution in [1.29, 1.82) is 0 Å². The first-order valence-electron chi connectivity index (χ1n) is 13.3. The number of nitrogens with one attached hydrogen (secondary N) is 1. The zero-order valence-corrected chi connectivity index (χ0v) is 22.9. The lowest BCUT2D eigenvalue weighted by molar-refractivity contribution is -0.189. The number of carbonyl (C=O) groups excluding carboxylic acids is 3. The van der Waals surface area contributed by atoms with Crippen LogP contribution in [0, 0.1) is 18.3 Å². The maximum Gasteiger partial charge on any atom is 0.334 e. The van der Waals surface area contributed by atoms with Crippen LogP contribution in [0.15, 0.2) is 54.6 Å². The Morgan fingerprint density at radius 2 is 1.82 bits per heavy atom. The fraction of sp³-hybridized carbons (Fsp3) is 0.433. The highest BCUT2D eigenvalue weighted by Crippen LogP contribution is 2.29. The standard InChI is InChI=1S/C30H37N5O4/c1-5-16-33-21-28(36)34-26(18-22(2)3)29(37)32(17-15-23-11-13-25(39-4)14-12-23)20-27(34)35(33)30(38)31-19-24-9-7-6-8-10-24/h1,6-14,22,26-27H,15-21H2,2-4H3,(H,31,38)/t26-,27-/m0/s1. The molecule has 0 saturated carbocycles. The van der Waals surface area contributed by atoms with E-state index in [2.05, 4.69) is 11.2 Å². The first-order valence-corrected chi connectivity index (χ1v) is 13.3. The molecule has 0 bridgehead atoms. The van der Waals surface area contributed by atoms with Crippen molar-refractivity contribution < 1.29 is 19.1 Å². The number of nitrogens with zero attached hydrogens (tertiary/aromatic N) is 4. The minimum atomic E-state index is -0.660. The van der Waals surface area contributed by atoms with Gasteiger partial charge < -0.3 is 19.9 Å². The van der Waals surface area contributed by atoms with Gasteiger partial charge in [-0.2, -0.15) is 5.01 Å². The highest BCUT2D eigenvalue weighted by Gasteiger charge is 2.51. The van der Waals surface area contributed by atoms with Gasteiger partial charge in [-0.25, -0.2) is 9.80 Å². The van der Waals surface area contributed by atoms with Gasteiger partial charge in [0, 0.05) is 13.1 Å². The summed E-state index contributed by atoms with van der Waals surface area (Å²) in [5, 5.41) is 6.13. The average molecular weight is 532 g/mol. The summed E-state index contributed by atoms with van der Waals surface area (Å²) in [6, 6.07) is 16.4. The van der Waals surface area contributed by atoms with E-state index in [0.717, 1.165) is 16.9 Å². The second-order valence-electron chi connectivity index (χ2n) is 10.3. The fourth-order valence-corrected chi connectivity index (χ4v) is 5.22. The molecule has 9 nitrogen and oxygen atoms in total. The Hall–Kier alpha value is -4.03. The molecule has 2 fully saturated rings. The second-order valence-corrected chi connectivity index (χ2v) is 10.3. The maximum absolute atomic E-state index is 13.7. The number of hydrazine groups is 1. The Balaban J connectivity index is 1.60.